The molecular formula is C23H27N3O2. The molecule has 0 saturated heterocycles. The Kier molecular flexibility index (Phi) is 5.36. The van der Waals surface area contributed by atoms with Crippen LogP contribution in [0.5, 0.6) is 0 Å². The summed E-state index contributed by atoms with van der Waals surface area (Å²) in [4.78, 5) is 34.5. The number of rotatable bonds is 4. The van der Waals surface area contributed by atoms with Crippen molar-refractivity contribution in [3.05, 3.63) is 75.8 Å². The minimum atomic E-state index is -0.189. The van der Waals surface area contributed by atoms with Crippen LogP contribution in [0.15, 0.2) is 53.3 Å². The molecule has 5 heteroatoms. The summed E-state index contributed by atoms with van der Waals surface area (Å²) in [5, 5.41) is 0.548. The highest BCUT2D eigenvalue weighted by Crippen LogP contribution is 2.23. The highest BCUT2D eigenvalue weighted by molar-refractivity contribution is 5.94. The Morgan fingerprint density at radius 3 is 2.32 bits per heavy atom. The summed E-state index contributed by atoms with van der Waals surface area (Å²) in [7, 11) is 0. The molecule has 3 aromatic rings. The number of amides is 1. The number of carbonyl (C=O) groups excluding carboxylic acids is 1. The van der Waals surface area contributed by atoms with Gasteiger partial charge in [-0.25, -0.2) is 4.98 Å². The fourth-order valence-corrected chi connectivity index (χ4v) is 3.14. The number of benzene rings is 2. The molecule has 0 fully saturated rings. The third-order valence-electron chi connectivity index (χ3n) is 4.86. The quantitative estimate of drug-likeness (QED) is 0.738. The van der Waals surface area contributed by atoms with Gasteiger partial charge in [-0.3, -0.25) is 9.59 Å². The van der Waals surface area contributed by atoms with Crippen molar-refractivity contribution in [3.63, 3.8) is 0 Å². The van der Waals surface area contributed by atoms with Crippen molar-refractivity contribution < 1.29 is 4.79 Å². The van der Waals surface area contributed by atoms with Crippen LogP contribution >= 0.6 is 0 Å². The predicted octanol–water partition coefficient (Wildman–Crippen LogP) is 4.27. The molecule has 0 radical (unpaired) electrons. The molecule has 0 unspecified atom stereocenters. The second kappa shape index (κ2) is 7.58. The van der Waals surface area contributed by atoms with Crippen LogP contribution < -0.4 is 5.56 Å². The number of fused-ring (bicyclic) bond motifs is 1. The number of hydrogen-bond acceptors (Lipinski definition) is 3. The second-order valence-corrected chi connectivity index (χ2v) is 8.38. The minimum Gasteiger partial charge on any atom is -0.329 e. The first-order chi connectivity index (χ1) is 13.2. The van der Waals surface area contributed by atoms with Gasteiger partial charge in [0.05, 0.1) is 17.4 Å². The molecule has 0 aliphatic rings. The van der Waals surface area contributed by atoms with Gasteiger partial charge in [-0.1, -0.05) is 45.0 Å². The maximum Gasteiger partial charge on any atom is 0.258 e. The Morgan fingerprint density at radius 1 is 1.07 bits per heavy atom. The number of aromatic amines is 1. The van der Waals surface area contributed by atoms with E-state index in [1.165, 1.54) is 5.56 Å². The van der Waals surface area contributed by atoms with Gasteiger partial charge < -0.3 is 9.88 Å². The third-order valence-corrected chi connectivity index (χ3v) is 4.86. The number of hydrogen-bond donors (Lipinski definition) is 1. The largest absolute Gasteiger partial charge is 0.329 e. The lowest BCUT2D eigenvalue weighted by molar-refractivity contribution is 0.0685. The SMILES string of the molecule is CC(C)N(Cc1nc2ccccc2c(=O)[nH]1)C(=O)c1ccc(C(C)(C)C)cc1. The monoisotopic (exact) mass is 377 g/mol. The molecule has 0 spiro atoms. The molecule has 1 aromatic heterocycles. The van der Waals surface area contributed by atoms with E-state index >= 15 is 0 Å². The lowest BCUT2D eigenvalue weighted by atomic mass is 9.86. The van der Waals surface area contributed by atoms with Crippen LogP contribution in [0.2, 0.25) is 0 Å². The van der Waals surface area contributed by atoms with E-state index in [1.54, 1.807) is 17.0 Å². The average Bonchev–Trinajstić information content (AvgIpc) is 2.65. The Morgan fingerprint density at radius 2 is 1.71 bits per heavy atom. The van der Waals surface area contributed by atoms with E-state index in [1.807, 2.05) is 50.2 Å². The van der Waals surface area contributed by atoms with Crippen molar-refractivity contribution in [2.24, 2.45) is 0 Å². The summed E-state index contributed by atoms with van der Waals surface area (Å²) in [6.07, 6.45) is 0. The molecule has 2 aromatic carbocycles. The topological polar surface area (TPSA) is 66.1 Å². The molecule has 5 nitrogen and oxygen atoms in total. The maximum atomic E-state index is 13.1. The van der Waals surface area contributed by atoms with Crippen LogP contribution in [-0.2, 0) is 12.0 Å². The third kappa shape index (κ3) is 4.14. The number of nitrogens with one attached hydrogen (secondary N) is 1. The first-order valence-corrected chi connectivity index (χ1v) is 9.56. The Bertz CT molecular complexity index is 1040. The van der Waals surface area contributed by atoms with Crippen LogP contribution in [-0.4, -0.2) is 26.8 Å². The van der Waals surface area contributed by atoms with Gasteiger partial charge in [-0.2, -0.15) is 0 Å². The van der Waals surface area contributed by atoms with E-state index in [0.29, 0.717) is 22.3 Å². The van der Waals surface area contributed by atoms with Gasteiger partial charge in [0, 0.05) is 11.6 Å². The molecular weight excluding hydrogens is 350 g/mol. The molecule has 1 heterocycles. The van der Waals surface area contributed by atoms with Gasteiger partial charge in [-0.15, -0.1) is 0 Å². The average molecular weight is 377 g/mol. The predicted molar refractivity (Wildman–Crippen MR) is 113 cm³/mol. The zero-order chi connectivity index (χ0) is 20.5. The van der Waals surface area contributed by atoms with Crippen molar-refractivity contribution in [1.82, 2.24) is 14.9 Å². The number of carbonyl (C=O) groups is 1. The standard InChI is InChI=1S/C23H27N3O2/c1-15(2)26(22(28)16-10-12-17(13-11-16)23(3,4)5)14-20-24-19-9-7-6-8-18(19)21(27)25-20/h6-13,15H,14H2,1-5H3,(H,24,25,27). The molecule has 1 amide bonds. The smallest absolute Gasteiger partial charge is 0.258 e. The van der Waals surface area contributed by atoms with E-state index in [9.17, 15) is 9.59 Å². The summed E-state index contributed by atoms with van der Waals surface area (Å²) in [5.74, 6) is 0.406. The summed E-state index contributed by atoms with van der Waals surface area (Å²) >= 11 is 0. The summed E-state index contributed by atoms with van der Waals surface area (Å²) < 4.78 is 0. The molecule has 0 saturated carbocycles. The zero-order valence-electron chi connectivity index (χ0n) is 17.1. The maximum absolute atomic E-state index is 13.1. The summed E-state index contributed by atoms with van der Waals surface area (Å²) in [6, 6.07) is 14.9. The summed E-state index contributed by atoms with van der Waals surface area (Å²) in [6.45, 7) is 10.6. The first kappa shape index (κ1) is 19.8. The van der Waals surface area contributed by atoms with Crippen LogP contribution in [0.25, 0.3) is 10.9 Å². The van der Waals surface area contributed by atoms with Gasteiger partial charge in [0.25, 0.3) is 11.5 Å². The molecule has 3 rings (SSSR count). The molecule has 0 bridgehead atoms. The number of H-pyrrole nitrogens is 1. The van der Waals surface area contributed by atoms with Crippen molar-refractivity contribution >= 4 is 16.8 Å². The van der Waals surface area contributed by atoms with Crippen molar-refractivity contribution in [1.29, 1.82) is 0 Å². The van der Waals surface area contributed by atoms with E-state index < -0.39 is 0 Å². The number of aromatic nitrogens is 2. The highest BCUT2D eigenvalue weighted by Gasteiger charge is 2.21. The Balaban J connectivity index is 1.90. The molecule has 146 valence electrons. The van der Waals surface area contributed by atoms with Gasteiger partial charge in [0.15, 0.2) is 0 Å². The fourth-order valence-electron chi connectivity index (χ4n) is 3.14. The van der Waals surface area contributed by atoms with Gasteiger partial charge in [0.1, 0.15) is 5.82 Å². The molecule has 0 atom stereocenters. The van der Waals surface area contributed by atoms with E-state index in [4.69, 9.17) is 0 Å². The van der Waals surface area contributed by atoms with Crippen molar-refractivity contribution in [2.45, 2.75) is 52.6 Å². The van der Waals surface area contributed by atoms with E-state index in [-0.39, 0.29) is 29.5 Å². The van der Waals surface area contributed by atoms with E-state index in [2.05, 4.69) is 30.7 Å². The van der Waals surface area contributed by atoms with Crippen LogP contribution in [0.4, 0.5) is 0 Å². The van der Waals surface area contributed by atoms with Crippen LogP contribution in [0, 0.1) is 0 Å². The lowest BCUT2D eigenvalue weighted by Crippen LogP contribution is -2.37. The minimum absolute atomic E-state index is 0.0355. The molecule has 28 heavy (non-hydrogen) atoms. The van der Waals surface area contributed by atoms with Gasteiger partial charge in [0.2, 0.25) is 0 Å². The number of para-hydroxylation sites is 1. The van der Waals surface area contributed by atoms with Crippen LogP contribution in [0.3, 0.4) is 0 Å². The van der Waals surface area contributed by atoms with Crippen LogP contribution in [0.1, 0.15) is 56.4 Å². The summed E-state index contributed by atoms with van der Waals surface area (Å²) in [5.41, 5.74) is 2.29. The number of nitrogens with zero attached hydrogens (tertiary/aromatic N) is 2. The Labute approximate surface area is 165 Å². The Hall–Kier alpha value is -2.95. The van der Waals surface area contributed by atoms with E-state index in [0.717, 1.165) is 0 Å². The highest BCUT2D eigenvalue weighted by atomic mass is 16.2. The van der Waals surface area contributed by atoms with Crippen molar-refractivity contribution in [2.75, 3.05) is 0 Å². The normalized spacial score (nSPS) is 11.8. The van der Waals surface area contributed by atoms with Crippen molar-refractivity contribution in [3.8, 4) is 0 Å². The molecule has 0 aliphatic heterocycles. The van der Waals surface area contributed by atoms with Gasteiger partial charge in [-0.05, 0) is 49.1 Å². The molecule has 1 N–H and O–H groups in total. The fraction of sp³-hybridized carbons (Fsp3) is 0.348. The second-order valence-electron chi connectivity index (χ2n) is 8.38. The first-order valence-electron chi connectivity index (χ1n) is 9.56. The molecule has 0 aliphatic carbocycles. The zero-order valence-corrected chi connectivity index (χ0v) is 17.1. The van der Waals surface area contributed by atoms with Gasteiger partial charge >= 0.3 is 0 Å². The lowest BCUT2D eigenvalue weighted by Gasteiger charge is -2.27.